The molecule has 17 heavy (non-hydrogen) atoms. The quantitative estimate of drug-likeness (QED) is 0.774. The number of hydrogen-bond donors (Lipinski definition) is 1. The Labute approximate surface area is 103 Å². The van der Waals surface area contributed by atoms with Crippen LogP contribution in [0.25, 0.3) is 0 Å². The summed E-state index contributed by atoms with van der Waals surface area (Å²) in [6, 6.07) is 0. The van der Waals surface area contributed by atoms with Gasteiger partial charge in [0.25, 0.3) is 0 Å². The van der Waals surface area contributed by atoms with Crippen molar-refractivity contribution in [1.29, 1.82) is 0 Å². The van der Waals surface area contributed by atoms with Gasteiger partial charge in [-0.25, -0.2) is 8.42 Å². The molecule has 0 aromatic carbocycles. The Balaban J connectivity index is 2.52. The van der Waals surface area contributed by atoms with E-state index in [1.807, 2.05) is 6.92 Å². The lowest BCUT2D eigenvalue weighted by atomic mass is 10.0. The van der Waals surface area contributed by atoms with Crippen molar-refractivity contribution in [3.8, 4) is 0 Å². The van der Waals surface area contributed by atoms with E-state index in [4.69, 9.17) is 5.73 Å². The first-order valence-electron chi connectivity index (χ1n) is 6.16. The SMILES string of the molecule is CCC(CN)CC(=O)N1CCCS(=O)(=O)CC1. The Kier molecular flexibility index (Phi) is 5.39. The van der Waals surface area contributed by atoms with Crippen LogP contribution in [-0.2, 0) is 14.6 Å². The average molecular weight is 262 g/mol. The van der Waals surface area contributed by atoms with Crippen molar-refractivity contribution in [3.05, 3.63) is 0 Å². The Hall–Kier alpha value is -0.620. The fraction of sp³-hybridized carbons (Fsp3) is 0.909. The number of nitrogens with two attached hydrogens (primary N) is 1. The van der Waals surface area contributed by atoms with Gasteiger partial charge in [-0.2, -0.15) is 0 Å². The minimum Gasteiger partial charge on any atom is -0.342 e. The summed E-state index contributed by atoms with van der Waals surface area (Å²) >= 11 is 0. The second kappa shape index (κ2) is 6.35. The molecule has 0 aromatic rings. The van der Waals surface area contributed by atoms with Gasteiger partial charge in [-0.15, -0.1) is 0 Å². The summed E-state index contributed by atoms with van der Waals surface area (Å²) in [5, 5.41) is 0. The maximum absolute atomic E-state index is 12.0. The van der Waals surface area contributed by atoms with Gasteiger partial charge in [-0.05, 0) is 18.9 Å². The molecule has 0 bridgehead atoms. The number of amides is 1. The summed E-state index contributed by atoms with van der Waals surface area (Å²) in [6.07, 6.45) is 1.87. The second-order valence-electron chi connectivity index (χ2n) is 4.60. The lowest BCUT2D eigenvalue weighted by Gasteiger charge is -2.22. The molecule has 0 saturated carbocycles. The third-order valence-corrected chi connectivity index (χ3v) is 5.00. The molecule has 1 aliphatic heterocycles. The summed E-state index contributed by atoms with van der Waals surface area (Å²) in [5.41, 5.74) is 5.57. The molecule has 1 atom stereocenters. The van der Waals surface area contributed by atoms with E-state index in [2.05, 4.69) is 0 Å². The van der Waals surface area contributed by atoms with E-state index in [0.717, 1.165) is 6.42 Å². The molecule has 0 radical (unpaired) electrons. The van der Waals surface area contributed by atoms with Crippen LogP contribution in [0, 0.1) is 5.92 Å². The van der Waals surface area contributed by atoms with Gasteiger partial charge in [0.15, 0.2) is 9.84 Å². The monoisotopic (exact) mass is 262 g/mol. The van der Waals surface area contributed by atoms with Gasteiger partial charge >= 0.3 is 0 Å². The Morgan fingerprint density at radius 1 is 1.35 bits per heavy atom. The molecule has 1 rings (SSSR count). The van der Waals surface area contributed by atoms with Crippen LogP contribution in [0.3, 0.4) is 0 Å². The smallest absolute Gasteiger partial charge is 0.222 e. The molecule has 1 aliphatic rings. The fourth-order valence-electron chi connectivity index (χ4n) is 1.96. The Morgan fingerprint density at radius 3 is 2.65 bits per heavy atom. The van der Waals surface area contributed by atoms with Gasteiger partial charge in [0, 0.05) is 19.5 Å². The van der Waals surface area contributed by atoms with Gasteiger partial charge in [-0.1, -0.05) is 13.3 Å². The van der Waals surface area contributed by atoms with Crippen molar-refractivity contribution < 1.29 is 13.2 Å². The van der Waals surface area contributed by atoms with Crippen LogP contribution in [0.2, 0.25) is 0 Å². The van der Waals surface area contributed by atoms with Crippen molar-refractivity contribution in [2.24, 2.45) is 11.7 Å². The number of rotatable bonds is 4. The van der Waals surface area contributed by atoms with Gasteiger partial charge in [0.05, 0.1) is 11.5 Å². The molecular formula is C11H22N2O3S. The van der Waals surface area contributed by atoms with Crippen molar-refractivity contribution in [2.45, 2.75) is 26.2 Å². The zero-order chi connectivity index (χ0) is 12.9. The average Bonchev–Trinajstić information content (AvgIpc) is 2.46. The second-order valence-corrected chi connectivity index (χ2v) is 6.90. The topological polar surface area (TPSA) is 80.5 Å². The minimum absolute atomic E-state index is 0.0411. The molecule has 0 aromatic heterocycles. The molecule has 100 valence electrons. The zero-order valence-corrected chi connectivity index (χ0v) is 11.2. The highest BCUT2D eigenvalue weighted by atomic mass is 32.2. The van der Waals surface area contributed by atoms with E-state index in [9.17, 15) is 13.2 Å². The van der Waals surface area contributed by atoms with E-state index in [1.54, 1.807) is 4.90 Å². The van der Waals surface area contributed by atoms with Gasteiger partial charge in [0.2, 0.25) is 5.91 Å². The first-order chi connectivity index (χ1) is 7.98. The van der Waals surface area contributed by atoms with Gasteiger partial charge in [-0.3, -0.25) is 4.79 Å². The van der Waals surface area contributed by atoms with Crippen LogP contribution in [0.1, 0.15) is 26.2 Å². The van der Waals surface area contributed by atoms with Gasteiger partial charge < -0.3 is 10.6 Å². The molecule has 1 heterocycles. The predicted octanol–water partition coefficient (Wildman–Crippen LogP) is 0.00850. The largest absolute Gasteiger partial charge is 0.342 e. The summed E-state index contributed by atoms with van der Waals surface area (Å²) in [6.45, 7) is 3.41. The molecule has 2 N–H and O–H groups in total. The number of sulfone groups is 1. The van der Waals surface area contributed by atoms with Crippen LogP contribution in [0.15, 0.2) is 0 Å². The van der Waals surface area contributed by atoms with E-state index in [1.165, 1.54) is 0 Å². The Morgan fingerprint density at radius 2 is 2.06 bits per heavy atom. The molecule has 1 fully saturated rings. The van der Waals surface area contributed by atoms with Crippen LogP contribution in [0.4, 0.5) is 0 Å². The Bertz CT molecular complexity index is 350. The number of carbonyl (C=O) groups is 1. The minimum atomic E-state index is -2.94. The highest BCUT2D eigenvalue weighted by molar-refractivity contribution is 7.91. The molecule has 1 amide bonds. The third-order valence-electron chi connectivity index (χ3n) is 3.28. The zero-order valence-electron chi connectivity index (χ0n) is 10.4. The third kappa shape index (κ3) is 4.63. The maximum Gasteiger partial charge on any atom is 0.222 e. The molecule has 1 unspecified atom stereocenters. The van der Waals surface area contributed by atoms with Crippen molar-refractivity contribution in [3.63, 3.8) is 0 Å². The van der Waals surface area contributed by atoms with Crippen LogP contribution >= 0.6 is 0 Å². The number of hydrogen-bond acceptors (Lipinski definition) is 4. The molecule has 0 aliphatic carbocycles. The van der Waals surface area contributed by atoms with Crippen molar-refractivity contribution >= 4 is 15.7 Å². The predicted molar refractivity (Wildman–Crippen MR) is 67.3 cm³/mol. The summed E-state index contributed by atoms with van der Waals surface area (Å²) in [5.74, 6) is 0.546. The molecule has 6 heteroatoms. The number of nitrogens with zero attached hydrogens (tertiary/aromatic N) is 1. The summed E-state index contributed by atoms with van der Waals surface area (Å²) < 4.78 is 22.8. The first kappa shape index (κ1) is 14.4. The van der Waals surface area contributed by atoms with E-state index >= 15 is 0 Å². The standard InChI is InChI=1S/C11H22N2O3S/c1-2-10(9-12)8-11(14)13-4-3-6-17(15,16)7-5-13/h10H,2-9,12H2,1H3. The summed E-state index contributed by atoms with van der Waals surface area (Å²) in [7, 11) is -2.94. The van der Waals surface area contributed by atoms with Crippen molar-refractivity contribution in [1.82, 2.24) is 4.90 Å². The van der Waals surface area contributed by atoms with Gasteiger partial charge in [0.1, 0.15) is 0 Å². The van der Waals surface area contributed by atoms with Crippen LogP contribution in [0.5, 0.6) is 0 Å². The molecule has 0 spiro atoms. The lowest BCUT2D eigenvalue weighted by molar-refractivity contribution is -0.131. The summed E-state index contributed by atoms with van der Waals surface area (Å²) in [4.78, 5) is 13.6. The normalized spacial score (nSPS) is 21.9. The maximum atomic E-state index is 12.0. The highest BCUT2D eigenvalue weighted by Gasteiger charge is 2.23. The lowest BCUT2D eigenvalue weighted by Crippen LogP contribution is -2.35. The molecular weight excluding hydrogens is 240 g/mol. The fourth-order valence-corrected chi connectivity index (χ4v) is 3.23. The molecule has 5 nitrogen and oxygen atoms in total. The first-order valence-corrected chi connectivity index (χ1v) is 7.99. The van der Waals surface area contributed by atoms with Crippen LogP contribution in [-0.4, -0.2) is 50.4 Å². The van der Waals surface area contributed by atoms with Crippen molar-refractivity contribution in [2.75, 3.05) is 31.1 Å². The van der Waals surface area contributed by atoms with E-state index in [0.29, 0.717) is 32.5 Å². The van der Waals surface area contributed by atoms with E-state index in [-0.39, 0.29) is 23.3 Å². The highest BCUT2D eigenvalue weighted by Crippen LogP contribution is 2.12. The molecule has 1 saturated heterocycles. The number of carbonyl (C=O) groups excluding carboxylic acids is 1. The van der Waals surface area contributed by atoms with E-state index < -0.39 is 9.84 Å². The van der Waals surface area contributed by atoms with Crippen LogP contribution < -0.4 is 5.73 Å².